The first-order chi connectivity index (χ1) is 9.10. The Labute approximate surface area is 114 Å². The molecule has 1 saturated heterocycles. The van der Waals surface area contributed by atoms with Crippen LogP contribution in [0.5, 0.6) is 0 Å². The molecular formula is C14H22N4O. The van der Waals surface area contributed by atoms with Gasteiger partial charge in [0.25, 0.3) is 5.91 Å². The summed E-state index contributed by atoms with van der Waals surface area (Å²) in [7, 11) is 3.76. The minimum atomic E-state index is -0.0913. The molecule has 1 aliphatic rings. The van der Waals surface area contributed by atoms with Crippen molar-refractivity contribution in [3.63, 3.8) is 0 Å². The lowest BCUT2D eigenvalue weighted by Crippen LogP contribution is -2.36. The van der Waals surface area contributed by atoms with Crippen LogP contribution in [0.4, 0.5) is 11.4 Å². The molecule has 0 aliphatic carbocycles. The molecule has 0 bridgehead atoms. The zero-order chi connectivity index (χ0) is 13.8. The maximum absolute atomic E-state index is 11.6. The summed E-state index contributed by atoms with van der Waals surface area (Å²) in [5, 5.41) is 6.08. The van der Waals surface area contributed by atoms with Gasteiger partial charge in [-0.15, -0.1) is 0 Å². The van der Waals surface area contributed by atoms with Crippen molar-refractivity contribution in [2.24, 2.45) is 0 Å². The zero-order valence-corrected chi connectivity index (χ0v) is 11.6. The molecule has 5 nitrogen and oxygen atoms in total. The van der Waals surface area contributed by atoms with Gasteiger partial charge in [0.15, 0.2) is 0 Å². The lowest BCUT2D eigenvalue weighted by molar-refractivity contribution is 0.0963. The van der Waals surface area contributed by atoms with Gasteiger partial charge in [-0.2, -0.15) is 0 Å². The van der Waals surface area contributed by atoms with E-state index in [0.717, 1.165) is 31.6 Å². The van der Waals surface area contributed by atoms with Gasteiger partial charge in [-0.05, 0) is 51.2 Å². The van der Waals surface area contributed by atoms with E-state index in [2.05, 4.69) is 22.6 Å². The van der Waals surface area contributed by atoms with E-state index in [9.17, 15) is 4.79 Å². The van der Waals surface area contributed by atoms with Crippen molar-refractivity contribution in [3.8, 4) is 0 Å². The van der Waals surface area contributed by atoms with Gasteiger partial charge in [0.2, 0.25) is 0 Å². The summed E-state index contributed by atoms with van der Waals surface area (Å²) in [5.74, 6) is -0.0913. The van der Waals surface area contributed by atoms with Crippen molar-refractivity contribution in [1.82, 2.24) is 10.2 Å². The summed E-state index contributed by atoms with van der Waals surface area (Å²) in [6.45, 7) is 2.18. The van der Waals surface area contributed by atoms with Gasteiger partial charge in [-0.25, -0.2) is 0 Å². The van der Waals surface area contributed by atoms with Crippen LogP contribution in [0.15, 0.2) is 18.2 Å². The average Bonchev–Trinajstić information content (AvgIpc) is 2.43. The van der Waals surface area contributed by atoms with Gasteiger partial charge in [0.1, 0.15) is 0 Å². The number of nitrogens with two attached hydrogens (primary N) is 1. The number of likely N-dealkylation sites (tertiary alicyclic amines) is 1. The summed E-state index contributed by atoms with van der Waals surface area (Å²) < 4.78 is 0. The Kier molecular flexibility index (Phi) is 4.27. The van der Waals surface area contributed by atoms with Gasteiger partial charge < -0.3 is 21.3 Å². The monoisotopic (exact) mass is 262 g/mol. The third kappa shape index (κ3) is 3.38. The van der Waals surface area contributed by atoms with Crippen LogP contribution in [-0.4, -0.2) is 44.0 Å². The van der Waals surface area contributed by atoms with Crippen LogP contribution in [-0.2, 0) is 0 Å². The van der Waals surface area contributed by atoms with Crippen molar-refractivity contribution < 1.29 is 4.79 Å². The smallest absolute Gasteiger partial charge is 0.251 e. The van der Waals surface area contributed by atoms with Crippen LogP contribution in [0.1, 0.15) is 23.2 Å². The maximum Gasteiger partial charge on any atom is 0.251 e. The molecule has 5 heteroatoms. The van der Waals surface area contributed by atoms with Gasteiger partial charge >= 0.3 is 0 Å². The van der Waals surface area contributed by atoms with E-state index in [0.29, 0.717) is 17.3 Å². The standard InChI is InChI=1S/C14H22N4O/c1-16-14(19)10-3-4-12(15)13(9-10)17-11-5-7-18(2)8-6-11/h3-4,9,11,17H,5-8,15H2,1-2H3,(H,16,19). The molecule has 1 fully saturated rings. The van der Waals surface area contributed by atoms with E-state index in [-0.39, 0.29) is 5.91 Å². The van der Waals surface area contributed by atoms with Gasteiger partial charge in [-0.3, -0.25) is 4.79 Å². The predicted octanol–water partition coefficient (Wildman–Crippen LogP) is 1.13. The highest BCUT2D eigenvalue weighted by Crippen LogP contribution is 2.23. The molecule has 1 aliphatic heterocycles. The molecule has 0 radical (unpaired) electrons. The number of hydrogen-bond acceptors (Lipinski definition) is 4. The third-order valence-electron chi connectivity index (χ3n) is 3.62. The molecule has 0 aromatic heterocycles. The second-order valence-electron chi connectivity index (χ2n) is 5.10. The number of carbonyl (C=O) groups excluding carboxylic acids is 1. The normalized spacial score (nSPS) is 17.2. The van der Waals surface area contributed by atoms with Crippen LogP contribution < -0.4 is 16.4 Å². The minimum Gasteiger partial charge on any atom is -0.397 e. The molecule has 0 atom stereocenters. The molecule has 1 heterocycles. The van der Waals surface area contributed by atoms with Gasteiger partial charge in [0, 0.05) is 18.7 Å². The second kappa shape index (κ2) is 5.93. The number of nitrogen functional groups attached to an aromatic ring is 1. The summed E-state index contributed by atoms with van der Waals surface area (Å²) in [4.78, 5) is 13.9. The fraction of sp³-hybridized carbons (Fsp3) is 0.500. The van der Waals surface area contributed by atoms with Gasteiger partial charge in [-0.1, -0.05) is 0 Å². The molecule has 1 aromatic rings. The molecule has 104 valence electrons. The maximum atomic E-state index is 11.6. The molecule has 0 unspecified atom stereocenters. The molecule has 1 amide bonds. The summed E-state index contributed by atoms with van der Waals surface area (Å²) >= 11 is 0. The Hall–Kier alpha value is -1.75. The van der Waals surface area contributed by atoms with E-state index < -0.39 is 0 Å². The number of nitrogens with zero attached hydrogens (tertiary/aromatic N) is 1. The molecule has 0 saturated carbocycles. The molecule has 4 N–H and O–H groups in total. The Morgan fingerprint density at radius 2 is 2.05 bits per heavy atom. The van der Waals surface area contributed by atoms with Crippen LogP contribution >= 0.6 is 0 Å². The van der Waals surface area contributed by atoms with Crippen molar-refractivity contribution in [2.75, 3.05) is 38.2 Å². The summed E-state index contributed by atoms with van der Waals surface area (Å²) in [5.41, 5.74) is 8.15. The number of nitrogens with one attached hydrogen (secondary N) is 2. The van der Waals surface area contributed by atoms with E-state index in [1.807, 2.05) is 6.07 Å². The summed E-state index contributed by atoms with van der Waals surface area (Å²) in [6, 6.07) is 5.78. The largest absolute Gasteiger partial charge is 0.397 e. The lowest BCUT2D eigenvalue weighted by Gasteiger charge is -2.30. The number of anilines is 2. The number of amides is 1. The number of rotatable bonds is 3. The fourth-order valence-corrected chi connectivity index (χ4v) is 2.34. The Morgan fingerprint density at radius 3 is 2.68 bits per heavy atom. The number of hydrogen-bond donors (Lipinski definition) is 3. The first-order valence-electron chi connectivity index (χ1n) is 6.67. The molecule has 1 aromatic carbocycles. The molecule has 2 rings (SSSR count). The highest BCUT2D eigenvalue weighted by atomic mass is 16.1. The Bertz CT molecular complexity index is 453. The number of piperidine rings is 1. The third-order valence-corrected chi connectivity index (χ3v) is 3.62. The van der Waals surface area contributed by atoms with E-state index in [1.54, 1.807) is 19.2 Å². The van der Waals surface area contributed by atoms with Crippen molar-refractivity contribution in [1.29, 1.82) is 0 Å². The minimum absolute atomic E-state index is 0.0913. The molecule has 0 spiro atoms. The Balaban J connectivity index is 2.08. The topological polar surface area (TPSA) is 70.4 Å². The number of carbonyl (C=O) groups is 1. The molecular weight excluding hydrogens is 240 g/mol. The van der Waals surface area contributed by atoms with Crippen molar-refractivity contribution >= 4 is 17.3 Å². The van der Waals surface area contributed by atoms with Crippen LogP contribution in [0.3, 0.4) is 0 Å². The van der Waals surface area contributed by atoms with Crippen LogP contribution in [0.2, 0.25) is 0 Å². The van der Waals surface area contributed by atoms with Crippen molar-refractivity contribution in [2.45, 2.75) is 18.9 Å². The van der Waals surface area contributed by atoms with Crippen LogP contribution in [0, 0.1) is 0 Å². The van der Waals surface area contributed by atoms with E-state index in [4.69, 9.17) is 5.73 Å². The second-order valence-corrected chi connectivity index (χ2v) is 5.10. The van der Waals surface area contributed by atoms with E-state index >= 15 is 0 Å². The SMILES string of the molecule is CNC(=O)c1ccc(N)c(NC2CCN(C)CC2)c1. The van der Waals surface area contributed by atoms with Gasteiger partial charge in [0.05, 0.1) is 11.4 Å². The summed E-state index contributed by atoms with van der Waals surface area (Å²) in [6.07, 6.45) is 2.19. The molecule has 19 heavy (non-hydrogen) atoms. The quantitative estimate of drug-likeness (QED) is 0.714. The van der Waals surface area contributed by atoms with Crippen LogP contribution in [0.25, 0.3) is 0 Å². The average molecular weight is 262 g/mol. The van der Waals surface area contributed by atoms with Crippen molar-refractivity contribution in [3.05, 3.63) is 23.8 Å². The predicted molar refractivity (Wildman–Crippen MR) is 78.4 cm³/mol. The lowest BCUT2D eigenvalue weighted by atomic mass is 10.0. The fourth-order valence-electron chi connectivity index (χ4n) is 2.34. The first kappa shape index (κ1) is 13.7. The number of benzene rings is 1. The Morgan fingerprint density at radius 1 is 1.37 bits per heavy atom. The first-order valence-corrected chi connectivity index (χ1v) is 6.67. The highest BCUT2D eigenvalue weighted by Gasteiger charge is 2.17. The van der Waals surface area contributed by atoms with E-state index in [1.165, 1.54) is 0 Å². The highest BCUT2D eigenvalue weighted by molar-refractivity contribution is 5.96. The zero-order valence-electron chi connectivity index (χ0n) is 11.6.